The quantitative estimate of drug-likeness (QED) is 0.237. The molecule has 2 heterocycles. The lowest BCUT2D eigenvalue weighted by atomic mass is 9.98. The third kappa shape index (κ3) is 2.73. The number of hydrogen-bond donors (Lipinski definition) is 0. The zero-order chi connectivity index (χ0) is 21.9. The maximum atomic E-state index is 6.11. The summed E-state index contributed by atoms with van der Waals surface area (Å²) in [6.07, 6.45) is 0. The Kier molecular flexibility index (Phi) is 4.02. The number of halogens is 1. The van der Waals surface area contributed by atoms with Crippen LogP contribution in [0, 0.1) is 0 Å². The van der Waals surface area contributed by atoms with E-state index in [1.807, 2.05) is 12.1 Å². The second-order valence-corrected chi connectivity index (χ2v) is 9.17. The largest absolute Gasteiger partial charge is 0.456 e. The lowest BCUT2D eigenvalue weighted by molar-refractivity contribution is 0.669. The first-order chi connectivity index (χ1) is 16.3. The summed E-state index contributed by atoms with van der Waals surface area (Å²) < 4.78 is 9.52. The van der Waals surface area contributed by atoms with E-state index in [1.165, 1.54) is 38.6 Å². The van der Waals surface area contributed by atoms with Crippen LogP contribution in [0.1, 0.15) is 0 Å². The Labute approximate surface area is 198 Å². The van der Waals surface area contributed by atoms with E-state index in [9.17, 15) is 0 Å². The molecule has 0 unspecified atom stereocenters. The molecule has 5 aromatic carbocycles. The van der Waals surface area contributed by atoms with Crippen molar-refractivity contribution in [3.63, 3.8) is 0 Å². The Balaban J connectivity index is 1.58. The zero-order valence-electron chi connectivity index (χ0n) is 17.6. The number of nitrogens with zero attached hydrogens (tertiary/aromatic N) is 1. The van der Waals surface area contributed by atoms with Gasteiger partial charge in [-0.15, -0.1) is 0 Å². The summed E-state index contributed by atoms with van der Waals surface area (Å²) in [5.41, 5.74) is 7.79. The van der Waals surface area contributed by atoms with Crippen LogP contribution in [0.5, 0.6) is 0 Å². The number of benzene rings is 5. The fourth-order valence-electron chi connectivity index (χ4n) is 5.07. The van der Waals surface area contributed by atoms with Crippen molar-refractivity contribution in [3.05, 3.63) is 114 Å². The van der Waals surface area contributed by atoms with Gasteiger partial charge in [0.1, 0.15) is 11.2 Å². The molecule has 0 fully saturated rings. The van der Waals surface area contributed by atoms with Crippen LogP contribution in [0.4, 0.5) is 0 Å². The van der Waals surface area contributed by atoms with E-state index in [2.05, 4.69) is 118 Å². The molecule has 7 rings (SSSR count). The molecule has 0 N–H and O–H groups in total. The molecular formula is C30H18BrNO. The molecule has 156 valence electrons. The molecule has 0 aliphatic rings. The second-order valence-electron chi connectivity index (χ2n) is 8.31. The molecule has 7 aromatic rings. The molecule has 0 saturated heterocycles. The van der Waals surface area contributed by atoms with Crippen molar-refractivity contribution in [2.75, 3.05) is 0 Å². The molecule has 2 aromatic heterocycles. The smallest absolute Gasteiger partial charge is 0.136 e. The van der Waals surface area contributed by atoms with E-state index in [4.69, 9.17) is 4.42 Å². The van der Waals surface area contributed by atoms with E-state index >= 15 is 0 Å². The molecule has 0 bridgehead atoms. The van der Waals surface area contributed by atoms with Gasteiger partial charge < -0.3 is 8.98 Å². The molecule has 0 atom stereocenters. The first-order valence-electron chi connectivity index (χ1n) is 11.0. The van der Waals surface area contributed by atoms with Crippen molar-refractivity contribution in [1.82, 2.24) is 4.57 Å². The number of hydrogen-bond acceptors (Lipinski definition) is 1. The lowest BCUT2D eigenvalue weighted by Crippen LogP contribution is -1.92. The molecule has 0 spiro atoms. The standard InChI is InChI=1S/C30H18BrNO/c31-24-12-7-15-28-30(24)23-18-19(16-17-27(23)33-28)21-11-6-14-26-29(21)22-10-4-5-13-25(22)32(26)20-8-2-1-3-9-20/h1-18H. The summed E-state index contributed by atoms with van der Waals surface area (Å²) in [6.45, 7) is 0. The zero-order valence-corrected chi connectivity index (χ0v) is 19.2. The summed E-state index contributed by atoms with van der Waals surface area (Å²) in [7, 11) is 0. The number of para-hydroxylation sites is 2. The van der Waals surface area contributed by atoms with Crippen molar-refractivity contribution >= 4 is 59.7 Å². The van der Waals surface area contributed by atoms with Gasteiger partial charge in [0.2, 0.25) is 0 Å². The molecule has 0 radical (unpaired) electrons. The van der Waals surface area contributed by atoms with Gasteiger partial charge in [0.15, 0.2) is 0 Å². The highest BCUT2D eigenvalue weighted by Crippen LogP contribution is 2.41. The highest BCUT2D eigenvalue weighted by Gasteiger charge is 2.17. The molecular weight excluding hydrogens is 470 g/mol. The second kappa shape index (κ2) is 7.09. The van der Waals surface area contributed by atoms with Crippen LogP contribution in [0.2, 0.25) is 0 Å². The molecule has 3 heteroatoms. The predicted octanol–water partition coefficient (Wildman–Crippen LogP) is 9.11. The monoisotopic (exact) mass is 487 g/mol. The fourth-order valence-corrected chi connectivity index (χ4v) is 5.63. The Bertz CT molecular complexity index is 1830. The Hall–Kier alpha value is -3.82. The minimum absolute atomic E-state index is 0.899. The maximum absolute atomic E-state index is 6.11. The molecule has 0 saturated carbocycles. The first-order valence-corrected chi connectivity index (χ1v) is 11.8. The van der Waals surface area contributed by atoms with Crippen LogP contribution in [0.15, 0.2) is 118 Å². The summed E-state index contributed by atoms with van der Waals surface area (Å²) in [4.78, 5) is 0. The van der Waals surface area contributed by atoms with Gasteiger partial charge in [0.05, 0.1) is 11.0 Å². The maximum Gasteiger partial charge on any atom is 0.136 e. The van der Waals surface area contributed by atoms with E-state index < -0.39 is 0 Å². The summed E-state index contributed by atoms with van der Waals surface area (Å²) in [5, 5.41) is 4.76. The average molecular weight is 488 g/mol. The summed E-state index contributed by atoms with van der Waals surface area (Å²) in [6, 6.07) is 38.5. The van der Waals surface area contributed by atoms with Crippen molar-refractivity contribution in [1.29, 1.82) is 0 Å². The van der Waals surface area contributed by atoms with Gasteiger partial charge in [-0.1, -0.05) is 76.6 Å². The molecule has 33 heavy (non-hydrogen) atoms. The number of fused-ring (bicyclic) bond motifs is 6. The third-order valence-corrected chi connectivity index (χ3v) is 7.13. The van der Waals surface area contributed by atoms with Crippen LogP contribution in [-0.4, -0.2) is 4.57 Å². The number of aromatic nitrogens is 1. The van der Waals surface area contributed by atoms with Crippen LogP contribution in [0.25, 0.3) is 60.6 Å². The first kappa shape index (κ1) is 18.7. The highest BCUT2D eigenvalue weighted by molar-refractivity contribution is 9.10. The van der Waals surface area contributed by atoms with Gasteiger partial charge in [0.25, 0.3) is 0 Å². The van der Waals surface area contributed by atoms with Gasteiger partial charge in [-0.05, 0) is 59.7 Å². The van der Waals surface area contributed by atoms with Gasteiger partial charge in [0, 0.05) is 31.7 Å². The molecule has 2 nitrogen and oxygen atoms in total. The van der Waals surface area contributed by atoms with Gasteiger partial charge in [-0.3, -0.25) is 0 Å². The SMILES string of the molecule is Brc1cccc2oc3ccc(-c4cccc5c4c4ccccc4n5-c4ccccc4)cc3c12. The van der Waals surface area contributed by atoms with E-state index in [0.717, 1.165) is 26.4 Å². The van der Waals surface area contributed by atoms with Gasteiger partial charge in [-0.25, -0.2) is 0 Å². The van der Waals surface area contributed by atoms with Crippen LogP contribution in [0.3, 0.4) is 0 Å². The minimum atomic E-state index is 0.899. The lowest BCUT2D eigenvalue weighted by Gasteiger charge is -2.08. The van der Waals surface area contributed by atoms with Gasteiger partial charge >= 0.3 is 0 Å². The molecule has 0 amide bonds. The van der Waals surface area contributed by atoms with Crippen molar-refractivity contribution in [3.8, 4) is 16.8 Å². The fraction of sp³-hybridized carbons (Fsp3) is 0. The molecule has 0 aliphatic heterocycles. The Morgan fingerprint density at radius 2 is 1.36 bits per heavy atom. The minimum Gasteiger partial charge on any atom is -0.456 e. The number of rotatable bonds is 2. The van der Waals surface area contributed by atoms with E-state index in [1.54, 1.807) is 0 Å². The molecule has 0 aliphatic carbocycles. The summed E-state index contributed by atoms with van der Waals surface area (Å²) >= 11 is 3.72. The van der Waals surface area contributed by atoms with Crippen molar-refractivity contribution in [2.45, 2.75) is 0 Å². The highest BCUT2D eigenvalue weighted by atomic mass is 79.9. The topological polar surface area (TPSA) is 18.1 Å². The van der Waals surface area contributed by atoms with E-state index in [-0.39, 0.29) is 0 Å². The number of furan rings is 1. The van der Waals surface area contributed by atoms with Crippen LogP contribution < -0.4 is 0 Å². The third-order valence-electron chi connectivity index (χ3n) is 6.47. The normalized spacial score (nSPS) is 11.8. The van der Waals surface area contributed by atoms with Crippen molar-refractivity contribution in [2.24, 2.45) is 0 Å². The van der Waals surface area contributed by atoms with E-state index in [0.29, 0.717) is 0 Å². The van der Waals surface area contributed by atoms with Crippen LogP contribution >= 0.6 is 15.9 Å². The van der Waals surface area contributed by atoms with Gasteiger partial charge in [-0.2, -0.15) is 0 Å². The van der Waals surface area contributed by atoms with Crippen molar-refractivity contribution < 1.29 is 4.42 Å². The Morgan fingerprint density at radius 1 is 0.576 bits per heavy atom. The predicted molar refractivity (Wildman–Crippen MR) is 141 cm³/mol. The average Bonchev–Trinajstić information content (AvgIpc) is 3.40. The van der Waals surface area contributed by atoms with Crippen LogP contribution in [-0.2, 0) is 0 Å². The summed E-state index contributed by atoms with van der Waals surface area (Å²) in [5.74, 6) is 0. The Morgan fingerprint density at radius 3 is 2.27 bits per heavy atom.